The summed E-state index contributed by atoms with van der Waals surface area (Å²) in [5.74, 6) is 0. The van der Waals surface area contributed by atoms with Crippen LogP contribution in [0.3, 0.4) is 0 Å². The van der Waals surface area contributed by atoms with E-state index in [1.54, 1.807) is 42.5 Å². The predicted molar refractivity (Wildman–Crippen MR) is 80.8 cm³/mol. The molecule has 0 heterocycles. The molecule has 0 bridgehead atoms. The second-order valence-corrected chi connectivity index (χ2v) is 6.74. The molecule has 0 saturated carbocycles. The van der Waals surface area contributed by atoms with E-state index in [-0.39, 0.29) is 0 Å². The van der Waals surface area contributed by atoms with Crippen LogP contribution in [0.4, 0.5) is 5.69 Å². The van der Waals surface area contributed by atoms with Crippen molar-refractivity contribution in [1.29, 1.82) is 0 Å². The summed E-state index contributed by atoms with van der Waals surface area (Å²) in [6.45, 7) is 2.20. The van der Waals surface area contributed by atoms with Crippen molar-refractivity contribution < 1.29 is 8.42 Å². The fourth-order valence-electron chi connectivity index (χ4n) is 1.84. The van der Waals surface area contributed by atoms with E-state index < -0.39 is 10.0 Å². The van der Waals surface area contributed by atoms with Crippen LogP contribution in [0.2, 0.25) is 0 Å². The molecule has 0 N–H and O–H groups in total. The van der Waals surface area contributed by atoms with Crippen LogP contribution in [0.15, 0.2) is 64.0 Å². The summed E-state index contributed by atoms with van der Waals surface area (Å²) in [5, 5.41) is 0. The molecule has 19 heavy (non-hydrogen) atoms. The van der Waals surface area contributed by atoms with Gasteiger partial charge in [0.15, 0.2) is 0 Å². The number of sulfonamides is 1. The van der Waals surface area contributed by atoms with Crippen LogP contribution < -0.4 is 4.31 Å². The zero-order chi connectivity index (χ0) is 13.9. The Morgan fingerprint density at radius 3 is 2.32 bits per heavy atom. The van der Waals surface area contributed by atoms with Gasteiger partial charge >= 0.3 is 0 Å². The van der Waals surface area contributed by atoms with Crippen molar-refractivity contribution in [2.45, 2.75) is 11.8 Å². The van der Waals surface area contributed by atoms with E-state index in [0.29, 0.717) is 17.1 Å². The van der Waals surface area contributed by atoms with E-state index in [1.807, 2.05) is 19.1 Å². The molecule has 0 aromatic heterocycles. The van der Waals surface area contributed by atoms with Gasteiger partial charge in [-0.2, -0.15) is 0 Å². The summed E-state index contributed by atoms with van der Waals surface area (Å²) in [7, 11) is -3.51. The van der Waals surface area contributed by atoms with Crippen molar-refractivity contribution in [3.63, 3.8) is 0 Å². The third-order valence-electron chi connectivity index (χ3n) is 2.71. The highest BCUT2D eigenvalue weighted by Crippen LogP contribution is 2.25. The van der Waals surface area contributed by atoms with Crippen molar-refractivity contribution in [2.75, 3.05) is 10.8 Å². The smallest absolute Gasteiger partial charge is 0.264 e. The van der Waals surface area contributed by atoms with E-state index in [1.165, 1.54) is 4.31 Å². The molecule has 0 aliphatic heterocycles. The van der Waals surface area contributed by atoms with Gasteiger partial charge in [-0.3, -0.25) is 4.31 Å². The summed E-state index contributed by atoms with van der Waals surface area (Å²) < 4.78 is 27.4. The van der Waals surface area contributed by atoms with E-state index in [4.69, 9.17) is 0 Å². The first kappa shape index (κ1) is 14.1. The Bertz CT molecular complexity index is 656. The zero-order valence-corrected chi connectivity index (χ0v) is 12.9. The zero-order valence-electron chi connectivity index (χ0n) is 10.5. The summed E-state index contributed by atoms with van der Waals surface area (Å²) in [6.07, 6.45) is 0. The first-order valence-corrected chi connectivity index (χ1v) is 8.12. The first-order chi connectivity index (χ1) is 9.05. The van der Waals surface area contributed by atoms with Crippen molar-refractivity contribution >= 4 is 31.6 Å². The Morgan fingerprint density at radius 2 is 1.74 bits per heavy atom. The summed E-state index contributed by atoms with van der Waals surface area (Å²) >= 11 is 3.36. The van der Waals surface area contributed by atoms with Gasteiger partial charge < -0.3 is 0 Å². The van der Waals surface area contributed by atoms with Gasteiger partial charge in [-0.1, -0.05) is 40.2 Å². The second kappa shape index (κ2) is 5.75. The molecule has 0 radical (unpaired) electrons. The third-order valence-corrected chi connectivity index (χ3v) is 5.13. The Labute approximate surface area is 122 Å². The average Bonchev–Trinajstić information content (AvgIpc) is 2.40. The monoisotopic (exact) mass is 339 g/mol. The summed E-state index contributed by atoms with van der Waals surface area (Å²) in [6, 6.07) is 15.7. The normalized spacial score (nSPS) is 11.3. The van der Waals surface area contributed by atoms with Gasteiger partial charge in [-0.15, -0.1) is 0 Å². The second-order valence-electron chi connectivity index (χ2n) is 3.96. The number of rotatable bonds is 4. The fourth-order valence-corrected chi connectivity index (χ4v) is 3.72. The molecule has 5 heteroatoms. The molecule has 0 fully saturated rings. The minimum absolute atomic E-state index is 0.303. The number of nitrogens with zero attached hydrogens (tertiary/aromatic N) is 1. The lowest BCUT2D eigenvalue weighted by Gasteiger charge is -2.23. The van der Waals surface area contributed by atoms with Gasteiger partial charge in [0.2, 0.25) is 0 Å². The lowest BCUT2D eigenvalue weighted by molar-refractivity contribution is 0.592. The van der Waals surface area contributed by atoms with E-state index in [2.05, 4.69) is 15.9 Å². The molecule has 0 aliphatic rings. The highest BCUT2D eigenvalue weighted by molar-refractivity contribution is 9.10. The van der Waals surface area contributed by atoms with Gasteiger partial charge in [0.25, 0.3) is 10.0 Å². The van der Waals surface area contributed by atoms with Crippen molar-refractivity contribution in [3.8, 4) is 0 Å². The minimum atomic E-state index is -3.51. The van der Waals surface area contributed by atoms with E-state index in [0.717, 1.165) is 4.47 Å². The van der Waals surface area contributed by atoms with Crippen LogP contribution in [0.1, 0.15) is 6.92 Å². The Kier molecular flexibility index (Phi) is 4.27. The quantitative estimate of drug-likeness (QED) is 0.852. The lowest BCUT2D eigenvalue weighted by atomic mass is 10.3. The Morgan fingerprint density at radius 1 is 1.05 bits per heavy atom. The summed E-state index contributed by atoms with van der Waals surface area (Å²) in [4.78, 5) is 0.303. The van der Waals surface area contributed by atoms with Crippen molar-refractivity contribution in [3.05, 3.63) is 59.1 Å². The predicted octanol–water partition coefficient (Wildman–Crippen LogP) is 3.66. The van der Waals surface area contributed by atoms with Crippen LogP contribution >= 0.6 is 15.9 Å². The fraction of sp³-hybridized carbons (Fsp3) is 0.143. The number of hydrogen-bond acceptors (Lipinski definition) is 2. The average molecular weight is 340 g/mol. The Hall–Kier alpha value is -1.33. The molecule has 2 rings (SSSR count). The van der Waals surface area contributed by atoms with E-state index in [9.17, 15) is 8.42 Å². The molecule has 0 unspecified atom stereocenters. The maximum absolute atomic E-state index is 12.6. The van der Waals surface area contributed by atoms with Crippen LogP contribution in [0.5, 0.6) is 0 Å². The highest BCUT2D eigenvalue weighted by atomic mass is 79.9. The highest BCUT2D eigenvalue weighted by Gasteiger charge is 2.23. The van der Waals surface area contributed by atoms with Crippen LogP contribution in [0.25, 0.3) is 0 Å². The van der Waals surface area contributed by atoms with E-state index >= 15 is 0 Å². The van der Waals surface area contributed by atoms with Gasteiger partial charge in [0.05, 0.1) is 10.6 Å². The van der Waals surface area contributed by atoms with Crippen LogP contribution in [-0.4, -0.2) is 15.0 Å². The maximum Gasteiger partial charge on any atom is 0.264 e. The number of anilines is 1. The maximum atomic E-state index is 12.6. The van der Waals surface area contributed by atoms with Gasteiger partial charge in [0.1, 0.15) is 0 Å². The topological polar surface area (TPSA) is 37.4 Å². The number of benzene rings is 2. The number of halogens is 1. The molecular weight excluding hydrogens is 326 g/mol. The van der Waals surface area contributed by atoms with Crippen molar-refractivity contribution in [2.24, 2.45) is 0 Å². The summed E-state index contributed by atoms with van der Waals surface area (Å²) in [5.41, 5.74) is 0.653. The molecule has 100 valence electrons. The molecule has 2 aromatic carbocycles. The molecule has 3 nitrogen and oxygen atoms in total. The lowest BCUT2D eigenvalue weighted by Crippen LogP contribution is -2.30. The molecule has 0 amide bonds. The molecule has 0 saturated heterocycles. The molecule has 0 spiro atoms. The van der Waals surface area contributed by atoms with Crippen LogP contribution in [-0.2, 0) is 10.0 Å². The SMILES string of the molecule is CCN(c1cccc(Br)c1)S(=O)(=O)c1ccccc1. The minimum Gasteiger partial charge on any atom is -0.267 e. The van der Waals surface area contributed by atoms with Crippen LogP contribution in [0, 0.1) is 0 Å². The van der Waals surface area contributed by atoms with Crippen molar-refractivity contribution in [1.82, 2.24) is 0 Å². The van der Waals surface area contributed by atoms with Gasteiger partial charge in [-0.05, 0) is 37.3 Å². The number of hydrogen-bond donors (Lipinski definition) is 0. The largest absolute Gasteiger partial charge is 0.267 e. The third kappa shape index (κ3) is 2.98. The Balaban J connectivity index is 2.48. The molecule has 0 aliphatic carbocycles. The molecular formula is C14H14BrNO2S. The standard InChI is InChI=1S/C14H14BrNO2S/c1-2-16(13-8-6-7-12(15)11-13)19(17,18)14-9-4-3-5-10-14/h3-11H,2H2,1H3. The first-order valence-electron chi connectivity index (χ1n) is 5.89. The molecule has 2 aromatic rings. The van der Waals surface area contributed by atoms with Gasteiger partial charge in [0, 0.05) is 11.0 Å². The van der Waals surface area contributed by atoms with Gasteiger partial charge in [-0.25, -0.2) is 8.42 Å². The molecule has 0 atom stereocenters.